The van der Waals surface area contributed by atoms with Crippen LogP contribution >= 0.6 is 0 Å². The summed E-state index contributed by atoms with van der Waals surface area (Å²) in [5.74, 6) is -1.09. The monoisotopic (exact) mass is 363 g/mol. The Kier molecular flexibility index (Phi) is 7.40. The number of carboxylic acids is 1. The van der Waals surface area contributed by atoms with E-state index >= 15 is 0 Å². The minimum absolute atomic E-state index is 0.00294. The summed E-state index contributed by atoms with van der Waals surface area (Å²) in [4.78, 5) is 36.3. The smallest absolute Gasteiger partial charge is 0.317 e. The quantitative estimate of drug-likeness (QED) is 0.596. The predicted molar refractivity (Wildman–Crippen MR) is 94.7 cm³/mol. The Morgan fingerprint density at radius 1 is 1.27 bits per heavy atom. The molecule has 0 bridgehead atoms. The van der Waals surface area contributed by atoms with Crippen LogP contribution in [-0.4, -0.2) is 66.8 Å². The first-order chi connectivity index (χ1) is 12.5. The molecule has 2 rings (SSSR count). The summed E-state index contributed by atoms with van der Waals surface area (Å²) in [5.41, 5.74) is 1.04. The third-order valence-electron chi connectivity index (χ3n) is 4.17. The van der Waals surface area contributed by atoms with E-state index in [9.17, 15) is 14.4 Å². The van der Waals surface area contributed by atoms with Crippen LogP contribution < -0.4 is 10.6 Å². The molecular weight excluding hydrogens is 338 g/mol. The molecule has 0 aliphatic carbocycles. The average molecular weight is 363 g/mol. The lowest BCUT2D eigenvalue weighted by atomic mass is 10.0. The summed E-state index contributed by atoms with van der Waals surface area (Å²) in [5, 5.41) is 14.6. The van der Waals surface area contributed by atoms with Crippen molar-refractivity contribution in [2.24, 2.45) is 0 Å². The fourth-order valence-corrected chi connectivity index (χ4v) is 2.82. The molecule has 1 heterocycles. The van der Waals surface area contributed by atoms with Gasteiger partial charge < -0.3 is 25.4 Å². The molecule has 0 saturated carbocycles. The van der Waals surface area contributed by atoms with Gasteiger partial charge in [0.15, 0.2) is 0 Å². The summed E-state index contributed by atoms with van der Waals surface area (Å²) in [7, 11) is 1.45. The Labute approximate surface area is 152 Å². The molecule has 8 heteroatoms. The molecule has 1 fully saturated rings. The SMILES string of the molecule is COCC(=O)NC1CN(C(=O)NC(CCC(=O)O)Cc2ccccc2)C1. The molecule has 0 aromatic heterocycles. The van der Waals surface area contributed by atoms with Crippen molar-refractivity contribution in [2.75, 3.05) is 26.8 Å². The number of carbonyl (C=O) groups excluding carboxylic acids is 2. The van der Waals surface area contributed by atoms with E-state index in [0.717, 1.165) is 5.56 Å². The normalized spacial score (nSPS) is 15.0. The Balaban J connectivity index is 1.82. The van der Waals surface area contributed by atoms with Crippen molar-refractivity contribution >= 4 is 17.9 Å². The Morgan fingerprint density at radius 2 is 1.96 bits per heavy atom. The third kappa shape index (κ3) is 6.36. The highest BCUT2D eigenvalue weighted by Crippen LogP contribution is 2.12. The van der Waals surface area contributed by atoms with Gasteiger partial charge in [0.1, 0.15) is 6.61 Å². The number of hydrogen-bond donors (Lipinski definition) is 3. The number of hydrogen-bond acceptors (Lipinski definition) is 4. The number of carbonyl (C=O) groups is 3. The van der Waals surface area contributed by atoms with Crippen molar-refractivity contribution in [3.8, 4) is 0 Å². The van der Waals surface area contributed by atoms with Crippen LogP contribution in [0.15, 0.2) is 30.3 Å². The maximum Gasteiger partial charge on any atom is 0.317 e. The predicted octanol–water partition coefficient (Wildman–Crippen LogP) is 0.619. The van der Waals surface area contributed by atoms with E-state index in [1.54, 1.807) is 4.90 Å². The van der Waals surface area contributed by atoms with E-state index in [1.807, 2.05) is 30.3 Å². The van der Waals surface area contributed by atoms with Gasteiger partial charge in [-0.05, 0) is 18.4 Å². The van der Waals surface area contributed by atoms with Crippen LogP contribution in [0.2, 0.25) is 0 Å². The van der Waals surface area contributed by atoms with Gasteiger partial charge in [0.25, 0.3) is 0 Å². The minimum Gasteiger partial charge on any atom is -0.481 e. The van der Waals surface area contributed by atoms with Crippen LogP contribution in [0.1, 0.15) is 18.4 Å². The molecule has 8 nitrogen and oxygen atoms in total. The van der Waals surface area contributed by atoms with Gasteiger partial charge in [-0.2, -0.15) is 0 Å². The van der Waals surface area contributed by atoms with Crippen molar-refractivity contribution in [1.82, 2.24) is 15.5 Å². The lowest BCUT2D eigenvalue weighted by Gasteiger charge is -2.40. The zero-order chi connectivity index (χ0) is 18.9. The van der Waals surface area contributed by atoms with Gasteiger partial charge >= 0.3 is 12.0 Å². The molecule has 1 aromatic carbocycles. The molecule has 26 heavy (non-hydrogen) atoms. The fraction of sp³-hybridized carbons (Fsp3) is 0.500. The largest absolute Gasteiger partial charge is 0.481 e. The molecule has 0 spiro atoms. The van der Waals surface area contributed by atoms with Crippen molar-refractivity contribution in [2.45, 2.75) is 31.3 Å². The van der Waals surface area contributed by atoms with Crippen LogP contribution in [0.5, 0.6) is 0 Å². The molecule has 1 aliphatic rings. The highest BCUT2D eigenvalue weighted by atomic mass is 16.5. The molecule has 0 radical (unpaired) electrons. The van der Waals surface area contributed by atoms with Gasteiger partial charge in [-0.1, -0.05) is 30.3 Å². The molecule has 3 amide bonds. The Morgan fingerprint density at radius 3 is 2.58 bits per heavy atom. The Bertz CT molecular complexity index is 617. The fourth-order valence-electron chi connectivity index (χ4n) is 2.82. The van der Waals surface area contributed by atoms with Gasteiger partial charge in [0, 0.05) is 32.7 Å². The zero-order valence-electron chi connectivity index (χ0n) is 14.8. The number of methoxy groups -OCH3 is 1. The molecule has 142 valence electrons. The van der Waals surface area contributed by atoms with Crippen molar-refractivity contribution < 1.29 is 24.2 Å². The number of likely N-dealkylation sites (tertiary alicyclic amines) is 1. The lowest BCUT2D eigenvalue weighted by Crippen LogP contribution is -2.64. The number of nitrogens with zero attached hydrogens (tertiary/aromatic N) is 1. The summed E-state index contributed by atoms with van der Waals surface area (Å²) in [6.07, 6.45) is 0.924. The van der Waals surface area contributed by atoms with E-state index in [2.05, 4.69) is 10.6 Å². The first-order valence-electron chi connectivity index (χ1n) is 8.57. The van der Waals surface area contributed by atoms with Gasteiger partial charge in [-0.3, -0.25) is 9.59 Å². The van der Waals surface area contributed by atoms with Crippen LogP contribution in [0.3, 0.4) is 0 Å². The van der Waals surface area contributed by atoms with Gasteiger partial charge in [-0.15, -0.1) is 0 Å². The van der Waals surface area contributed by atoms with Crippen LogP contribution in [-0.2, 0) is 20.7 Å². The molecular formula is C18H25N3O5. The molecule has 1 unspecified atom stereocenters. The van der Waals surface area contributed by atoms with Crippen LogP contribution in [0.4, 0.5) is 4.79 Å². The maximum atomic E-state index is 12.4. The lowest BCUT2D eigenvalue weighted by molar-refractivity contribution is -0.137. The first kappa shape index (κ1) is 19.7. The zero-order valence-corrected chi connectivity index (χ0v) is 14.8. The number of carboxylic acid groups (broad SMARTS) is 1. The number of urea groups is 1. The van der Waals surface area contributed by atoms with E-state index in [-0.39, 0.29) is 37.0 Å². The second-order valence-electron chi connectivity index (χ2n) is 6.37. The molecule has 1 atom stereocenters. The van der Waals surface area contributed by atoms with Gasteiger partial charge in [0.2, 0.25) is 5.91 Å². The van der Waals surface area contributed by atoms with Crippen LogP contribution in [0.25, 0.3) is 0 Å². The topological polar surface area (TPSA) is 108 Å². The second kappa shape index (κ2) is 9.76. The highest BCUT2D eigenvalue weighted by Gasteiger charge is 2.32. The number of aliphatic carboxylic acids is 1. The third-order valence-corrected chi connectivity index (χ3v) is 4.17. The Hall–Kier alpha value is -2.61. The number of benzene rings is 1. The highest BCUT2D eigenvalue weighted by molar-refractivity contribution is 5.79. The van der Waals surface area contributed by atoms with Crippen molar-refractivity contribution in [3.05, 3.63) is 35.9 Å². The molecule has 1 aromatic rings. The van der Waals surface area contributed by atoms with Gasteiger partial charge in [-0.25, -0.2) is 4.79 Å². The van der Waals surface area contributed by atoms with E-state index in [4.69, 9.17) is 9.84 Å². The first-order valence-corrected chi connectivity index (χ1v) is 8.57. The molecule has 3 N–H and O–H groups in total. The van der Waals surface area contributed by atoms with Crippen molar-refractivity contribution in [1.29, 1.82) is 0 Å². The van der Waals surface area contributed by atoms with Crippen molar-refractivity contribution in [3.63, 3.8) is 0 Å². The maximum absolute atomic E-state index is 12.4. The number of amides is 3. The van der Waals surface area contributed by atoms with E-state index in [1.165, 1.54) is 7.11 Å². The number of nitrogens with one attached hydrogen (secondary N) is 2. The van der Waals surface area contributed by atoms with Gasteiger partial charge in [0.05, 0.1) is 6.04 Å². The number of rotatable bonds is 9. The summed E-state index contributed by atoms with van der Waals surface area (Å²) in [6, 6.07) is 9.05. The van der Waals surface area contributed by atoms with E-state index in [0.29, 0.717) is 25.9 Å². The summed E-state index contributed by atoms with van der Waals surface area (Å²) in [6.45, 7) is 0.855. The number of ether oxygens (including phenoxy) is 1. The average Bonchev–Trinajstić information content (AvgIpc) is 2.56. The summed E-state index contributed by atoms with van der Waals surface area (Å²) >= 11 is 0. The standard InChI is InChI=1S/C18H25N3O5/c1-26-12-16(22)19-15-10-21(11-15)18(25)20-14(7-8-17(23)24)9-13-5-3-2-4-6-13/h2-6,14-15H,7-12H2,1H3,(H,19,22)(H,20,25)(H,23,24). The van der Waals surface area contributed by atoms with E-state index < -0.39 is 5.97 Å². The molecule has 1 aliphatic heterocycles. The second-order valence-corrected chi connectivity index (χ2v) is 6.37. The summed E-state index contributed by atoms with van der Waals surface area (Å²) < 4.78 is 4.75. The van der Waals surface area contributed by atoms with Crippen LogP contribution in [0, 0.1) is 0 Å². The molecule has 1 saturated heterocycles. The minimum atomic E-state index is -0.887.